The monoisotopic (exact) mass is 314 g/mol. The van der Waals surface area contributed by atoms with Crippen molar-refractivity contribution in [1.82, 2.24) is 4.98 Å². The van der Waals surface area contributed by atoms with Gasteiger partial charge in [0.2, 0.25) is 10.0 Å². The van der Waals surface area contributed by atoms with Crippen LogP contribution >= 0.6 is 11.3 Å². The number of benzene rings is 1. The van der Waals surface area contributed by atoms with E-state index in [0.717, 1.165) is 10.2 Å². The molecule has 0 aliphatic heterocycles. The molecule has 0 atom stereocenters. The highest BCUT2D eigenvalue weighted by atomic mass is 32.2. The summed E-state index contributed by atoms with van der Waals surface area (Å²) in [6.07, 6.45) is 0.316. The van der Waals surface area contributed by atoms with Crippen molar-refractivity contribution in [2.24, 2.45) is 0 Å². The lowest BCUT2D eigenvalue weighted by Gasteiger charge is -2.07. The lowest BCUT2D eigenvalue weighted by atomic mass is 10.3. The smallest absolute Gasteiger partial charge is 0.305 e. The van der Waals surface area contributed by atoms with E-state index in [2.05, 4.69) is 14.4 Å². The molecule has 1 heterocycles. The van der Waals surface area contributed by atoms with Crippen molar-refractivity contribution >= 4 is 43.2 Å². The third-order valence-corrected chi connectivity index (χ3v) is 4.79. The minimum absolute atomic E-state index is 0.0886. The van der Waals surface area contributed by atoms with Crippen LogP contribution in [0.25, 0.3) is 10.2 Å². The van der Waals surface area contributed by atoms with Gasteiger partial charge in [-0.2, -0.15) is 0 Å². The second-order valence-corrected chi connectivity index (χ2v) is 6.86. The molecule has 0 unspecified atom stereocenters. The number of thiazole rings is 1. The van der Waals surface area contributed by atoms with Crippen molar-refractivity contribution in [3.8, 4) is 0 Å². The quantitative estimate of drug-likeness (QED) is 0.824. The van der Waals surface area contributed by atoms with E-state index in [9.17, 15) is 13.2 Å². The Morgan fingerprint density at radius 1 is 1.45 bits per heavy atom. The number of aromatic nitrogens is 1. The number of fused-ring (bicyclic) bond motifs is 1. The van der Waals surface area contributed by atoms with Crippen molar-refractivity contribution in [3.63, 3.8) is 0 Å². The number of nitrogens with zero attached hydrogens (tertiary/aromatic N) is 1. The summed E-state index contributed by atoms with van der Waals surface area (Å²) in [5, 5.41) is 0. The topological polar surface area (TPSA) is 85.4 Å². The highest BCUT2D eigenvalue weighted by Gasteiger charge is 2.12. The van der Waals surface area contributed by atoms with Crippen molar-refractivity contribution in [1.29, 1.82) is 0 Å². The van der Waals surface area contributed by atoms with Gasteiger partial charge in [-0.05, 0) is 24.6 Å². The van der Waals surface area contributed by atoms with Gasteiger partial charge in [0.15, 0.2) is 0 Å². The minimum Gasteiger partial charge on any atom is -0.469 e. The SMILES string of the molecule is COC(=O)CCCS(=O)(=O)Nc1ccc2ncsc2c1. The number of sulfonamides is 1. The molecule has 0 saturated heterocycles. The van der Waals surface area contributed by atoms with E-state index < -0.39 is 16.0 Å². The summed E-state index contributed by atoms with van der Waals surface area (Å²) in [6.45, 7) is 0. The lowest BCUT2D eigenvalue weighted by Crippen LogP contribution is -2.17. The third kappa shape index (κ3) is 3.91. The molecule has 0 radical (unpaired) electrons. The van der Waals surface area contributed by atoms with Crippen LogP contribution in [0.15, 0.2) is 23.7 Å². The number of rotatable bonds is 6. The van der Waals surface area contributed by atoms with E-state index in [-0.39, 0.29) is 18.6 Å². The second kappa shape index (κ2) is 6.19. The summed E-state index contributed by atoms with van der Waals surface area (Å²) in [7, 11) is -2.19. The van der Waals surface area contributed by atoms with Gasteiger partial charge in [-0.25, -0.2) is 13.4 Å². The zero-order valence-electron chi connectivity index (χ0n) is 10.8. The Morgan fingerprint density at radius 3 is 3.00 bits per heavy atom. The Bertz CT molecular complexity index is 709. The van der Waals surface area contributed by atoms with E-state index in [0.29, 0.717) is 5.69 Å². The van der Waals surface area contributed by atoms with Gasteiger partial charge >= 0.3 is 5.97 Å². The van der Waals surface area contributed by atoms with E-state index in [1.807, 2.05) is 0 Å². The van der Waals surface area contributed by atoms with Crippen LogP contribution in [0.4, 0.5) is 5.69 Å². The molecule has 0 aliphatic carbocycles. The maximum absolute atomic E-state index is 11.9. The van der Waals surface area contributed by atoms with Crippen LogP contribution in [-0.4, -0.2) is 32.2 Å². The molecular weight excluding hydrogens is 300 g/mol. The minimum atomic E-state index is -3.46. The zero-order chi connectivity index (χ0) is 14.6. The molecule has 108 valence electrons. The van der Waals surface area contributed by atoms with Gasteiger partial charge in [-0.15, -0.1) is 11.3 Å². The number of anilines is 1. The maximum Gasteiger partial charge on any atom is 0.305 e. The predicted molar refractivity (Wildman–Crippen MR) is 78.3 cm³/mol. The van der Waals surface area contributed by atoms with E-state index in [1.165, 1.54) is 18.4 Å². The number of hydrogen-bond acceptors (Lipinski definition) is 6. The average Bonchev–Trinajstić information content (AvgIpc) is 2.85. The normalized spacial score (nSPS) is 11.4. The summed E-state index contributed by atoms with van der Waals surface area (Å²) >= 11 is 1.45. The number of ether oxygens (including phenoxy) is 1. The molecule has 0 fully saturated rings. The van der Waals surface area contributed by atoms with Crippen LogP contribution in [0.2, 0.25) is 0 Å². The molecule has 0 saturated carbocycles. The van der Waals surface area contributed by atoms with Crippen molar-refractivity contribution < 1.29 is 17.9 Å². The van der Waals surface area contributed by atoms with Gasteiger partial charge in [0.05, 0.1) is 34.3 Å². The highest BCUT2D eigenvalue weighted by molar-refractivity contribution is 7.92. The summed E-state index contributed by atoms with van der Waals surface area (Å²) in [4.78, 5) is 15.1. The molecule has 0 aliphatic rings. The molecule has 1 N–H and O–H groups in total. The van der Waals surface area contributed by atoms with Crippen LogP contribution in [-0.2, 0) is 19.6 Å². The largest absolute Gasteiger partial charge is 0.469 e. The van der Waals surface area contributed by atoms with Crippen molar-refractivity contribution in [3.05, 3.63) is 23.7 Å². The molecule has 0 amide bonds. The Kier molecular flexibility index (Phi) is 4.56. The summed E-state index contributed by atoms with van der Waals surface area (Å²) in [5.41, 5.74) is 3.04. The van der Waals surface area contributed by atoms with E-state index in [4.69, 9.17) is 0 Å². The third-order valence-electron chi connectivity index (χ3n) is 2.63. The van der Waals surface area contributed by atoms with Gasteiger partial charge in [0.1, 0.15) is 0 Å². The van der Waals surface area contributed by atoms with Crippen molar-refractivity contribution in [2.75, 3.05) is 17.6 Å². The Morgan fingerprint density at radius 2 is 2.25 bits per heavy atom. The van der Waals surface area contributed by atoms with Gasteiger partial charge in [0.25, 0.3) is 0 Å². The Hall–Kier alpha value is -1.67. The number of hydrogen-bond donors (Lipinski definition) is 1. The molecule has 0 spiro atoms. The second-order valence-electron chi connectivity index (χ2n) is 4.14. The van der Waals surface area contributed by atoms with Crippen LogP contribution in [0.1, 0.15) is 12.8 Å². The van der Waals surface area contributed by atoms with Gasteiger partial charge in [0, 0.05) is 6.42 Å². The molecule has 8 heteroatoms. The molecule has 20 heavy (non-hydrogen) atoms. The fourth-order valence-corrected chi connectivity index (χ4v) is 3.49. The van der Waals surface area contributed by atoms with Gasteiger partial charge in [-0.1, -0.05) is 0 Å². The fraction of sp³-hybridized carbons (Fsp3) is 0.333. The summed E-state index contributed by atoms with van der Waals surface area (Å²) in [5.74, 6) is -0.533. The number of carbonyl (C=O) groups is 1. The van der Waals surface area contributed by atoms with Crippen LogP contribution in [0.5, 0.6) is 0 Å². The molecule has 2 aromatic rings. The summed E-state index contributed by atoms with van der Waals surface area (Å²) in [6, 6.07) is 5.17. The predicted octanol–water partition coefficient (Wildman–Crippen LogP) is 1.99. The van der Waals surface area contributed by atoms with Gasteiger partial charge in [-0.3, -0.25) is 9.52 Å². The van der Waals surface area contributed by atoms with E-state index in [1.54, 1.807) is 23.7 Å². The first-order valence-corrected chi connectivity index (χ1v) is 8.44. The van der Waals surface area contributed by atoms with Crippen LogP contribution < -0.4 is 4.72 Å². The number of esters is 1. The fourth-order valence-electron chi connectivity index (χ4n) is 1.66. The van der Waals surface area contributed by atoms with Crippen LogP contribution in [0, 0.1) is 0 Å². The molecule has 2 rings (SSSR count). The standard InChI is InChI=1S/C12H14N2O4S2/c1-18-12(15)3-2-6-20(16,17)14-9-4-5-10-11(7-9)19-8-13-10/h4-5,7-8,14H,2-3,6H2,1H3. The molecular formula is C12H14N2O4S2. The molecule has 1 aromatic heterocycles. The molecule has 1 aromatic carbocycles. The van der Waals surface area contributed by atoms with Gasteiger partial charge < -0.3 is 4.74 Å². The molecule has 6 nitrogen and oxygen atoms in total. The number of nitrogens with one attached hydrogen (secondary N) is 1. The Labute approximate surface area is 120 Å². The first kappa shape index (κ1) is 14.7. The maximum atomic E-state index is 11.9. The number of carbonyl (C=O) groups excluding carboxylic acids is 1. The highest BCUT2D eigenvalue weighted by Crippen LogP contribution is 2.22. The van der Waals surface area contributed by atoms with Crippen LogP contribution in [0.3, 0.4) is 0 Å². The Balaban J connectivity index is 1.98. The van der Waals surface area contributed by atoms with Crippen molar-refractivity contribution in [2.45, 2.75) is 12.8 Å². The first-order valence-electron chi connectivity index (χ1n) is 5.91. The lowest BCUT2D eigenvalue weighted by molar-refractivity contribution is -0.140. The summed E-state index contributed by atoms with van der Waals surface area (Å²) < 4.78 is 31.6. The molecule has 0 bridgehead atoms. The first-order chi connectivity index (χ1) is 9.50. The van der Waals surface area contributed by atoms with E-state index >= 15 is 0 Å². The average molecular weight is 314 g/mol. The zero-order valence-corrected chi connectivity index (χ0v) is 12.5. The number of methoxy groups -OCH3 is 1.